The van der Waals surface area contributed by atoms with E-state index in [9.17, 15) is 9.90 Å². The van der Waals surface area contributed by atoms with E-state index in [4.69, 9.17) is 4.74 Å². The summed E-state index contributed by atoms with van der Waals surface area (Å²) in [6.45, 7) is 0. The van der Waals surface area contributed by atoms with Gasteiger partial charge in [0.2, 0.25) is 0 Å². The smallest absolute Gasteiger partial charge is 0.314 e. The zero-order valence-electron chi connectivity index (χ0n) is 10.0. The van der Waals surface area contributed by atoms with Crippen LogP contribution < -0.4 is 4.74 Å². The maximum absolute atomic E-state index is 11.4. The third-order valence-corrected chi connectivity index (χ3v) is 3.63. The summed E-state index contributed by atoms with van der Waals surface area (Å²) in [5.41, 5.74) is 0.858. The molecular formula is C14H13NO3. The highest BCUT2D eigenvalue weighted by atomic mass is 16.5. The highest BCUT2D eigenvalue weighted by molar-refractivity contribution is 5.95. The van der Waals surface area contributed by atoms with E-state index >= 15 is 0 Å². The third-order valence-electron chi connectivity index (χ3n) is 3.63. The van der Waals surface area contributed by atoms with E-state index in [0.717, 1.165) is 16.5 Å². The SMILES string of the molecule is COc1cccc2c(C3(C(=O)O)CC3)ccnc12. The predicted molar refractivity (Wildman–Crippen MR) is 66.8 cm³/mol. The number of carboxylic acid groups (broad SMARTS) is 1. The summed E-state index contributed by atoms with van der Waals surface area (Å²) < 4.78 is 5.27. The lowest BCUT2D eigenvalue weighted by molar-refractivity contribution is -0.140. The summed E-state index contributed by atoms with van der Waals surface area (Å²) >= 11 is 0. The second kappa shape index (κ2) is 3.70. The molecule has 1 aliphatic carbocycles. The normalized spacial score (nSPS) is 16.5. The average Bonchev–Trinajstić information content (AvgIpc) is 3.18. The molecule has 0 atom stereocenters. The number of benzene rings is 1. The molecule has 1 aromatic carbocycles. The number of rotatable bonds is 3. The minimum atomic E-state index is -0.752. The second-order valence-corrected chi connectivity index (χ2v) is 4.60. The first-order valence-corrected chi connectivity index (χ1v) is 5.85. The minimum absolute atomic E-state index is 0.676. The van der Waals surface area contributed by atoms with Crippen molar-refractivity contribution in [3.63, 3.8) is 0 Å². The van der Waals surface area contributed by atoms with Gasteiger partial charge in [-0.1, -0.05) is 12.1 Å². The molecule has 1 N–H and O–H groups in total. The van der Waals surface area contributed by atoms with Gasteiger partial charge in [-0.3, -0.25) is 9.78 Å². The van der Waals surface area contributed by atoms with Crippen LogP contribution in [0, 0.1) is 0 Å². The molecule has 1 saturated carbocycles. The fourth-order valence-corrected chi connectivity index (χ4v) is 2.45. The van der Waals surface area contributed by atoms with Crippen LogP contribution in [0.3, 0.4) is 0 Å². The number of aromatic nitrogens is 1. The number of hydrogen-bond acceptors (Lipinski definition) is 3. The molecule has 0 unspecified atom stereocenters. The van der Waals surface area contributed by atoms with Gasteiger partial charge in [-0.15, -0.1) is 0 Å². The van der Waals surface area contributed by atoms with E-state index in [2.05, 4.69) is 4.98 Å². The van der Waals surface area contributed by atoms with Gasteiger partial charge in [0.25, 0.3) is 0 Å². The molecule has 0 radical (unpaired) electrons. The monoisotopic (exact) mass is 243 g/mol. The lowest BCUT2D eigenvalue weighted by atomic mass is 9.93. The molecule has 1 aromatic heterocycles. The summed E-state index contributed by atoms with van der Waals surface area (Å²) in [7, 11) is 1.59. The summed E-state index contributed by atoms with van der Waals surface area (Å²) in [6, 6.07) is 7.41. The third kappa shape index (κ3) is 1.38. The van der Waals surface area contributed by atoms with Gasteiger partial charge in [0.15, 0.2) is 0 Å². The number of fused-ring (bicyclic) bond motifs is 1. The Labute approximate surface area is 104 Å². The number of methoxy groups -OCH3 is 1. The van der Waals surface area contributed by atoms with E-state index < -0.39 is 11.4 Å². The Hall–Kier alpha value is -2.10. The maximum atomic E-state index is 11.4. The molecule has 92 valence electrons. The Morgan fingerprint density at radius 2 is 2.17 bits per heavy atom. The van der Waals surface area contributed by atoms with Gasteiger partial charge in [0.1, 0.15) is 11.3 Å². The van der Waals surface area contributed by atoms with Crippen LogP contribution in [0.15, 0.2) is 30.5 Å². The van der Waals surface area contributed by atoms with Crippen molar-refractivity contribution < 1.29 is 14.6 Å². The molecule has 1 aliphatic rings. The summed E-state index contributed by atoms with van der Waals surface area (Å²) in [4.78, 5) is 15.7. The highest BCUT2D eigenvalue weighted by Crippen LogP contribution is 2.50. The van der Waals surface area contributed by atoms with Gasteiger partial charge >= 0.3 is 5.97 Å². The molecule has 4 heteroatoms. The zero-order chi connectivity index (χ0) is 12.8. The Kier molecular flexibility index (Phi) is 2.26. The Balaban J connectivity index is 2.29. The van der Waals surface area contributed by atoms with Crippen molar-refractivity contribution in [2.24, 2.45) is 0 Å². The van der Waals surface area contributed by atoms with Crippen molar-refractivity contribution in [2.45, 2.75) is 18.3 Å². The van der Waals surface area contributed by atoms with Crippen molar-refractivity contribution in [3.05, 3.63) is 36.0 Å². The predicted octanol–water partition coefficient (Wildman–Crippen LogP) is 2.36. The Morgan fingerprint density at radius 3 is 2.78 bits per heavy atom. The van der Waals surface area contributed by atoms with Crippen molar-refractivity contribution in [2.75, 3.05) is 7.11 Å². The maximum Gasteiger partial charge on any atom is 0.314 e. The number of aliphatic carboxylic acids is 1. The molecule has 18 heavy (non-hydrogen) atoms. The van der Waals surface area contributed by atoms with Crippen LogP contribution >= 0.6 is 0 Å². The van der Waals surface area contributed by atoms with Gasteiger partial charge in [-0.2, -0.15) is 0 Å². The van der Waals surface area contributed by atoms with Crippen molar-refractivity contribution in [1.29, 1.82) is 0 Å². The summed E-state index contributed by atoms with van der Waals surface area (Å²) in [5, 5.41) is 10.3. The minimum Gasteiger partial charge on any atom is -0.494 e. The number of para-hydroxylation sites is 1. The number of nitrogens with zero attached hydrogens (tertiary/aromatic N) is 1. The number of carbonyl (C=O) groups is 1. The summed E-state index contributed by atoms with van der Waals surface area (Å²) in [5.74, 6) is -0.0756. The summed E-state index contributed by atoms with van der Waals surface area (Å²) in [6.07, 6.45) is 3.04. The van der Waals surface area contributed by atoms with Gasteiger partial charge in [-0.05, 0) is 30.5 Å². The van der Waals surface area contributed by atoms with Gasteiger partial charge in [0, 0.05) is 11.6 Å². The van der Waals surface area contributed by atoms with E-state index in [1.54, 1.807) is 13.3 Å². The van der Waals surface area contributed by atoms with Gasteiger partial charge < -0.3 is 9.84 Å². The van der Waals surface area contributed by atoms with Crippen LogP contribution in [0.1, 0.15) is 18.4 Å². The number of hydrogen-bond donors (Lipinski definition) is 1. The fourth-order valence-electron chi connectivity index (χ4n) is 2.45. The topological polar surface area (TPSA) is 59.4 Å². The van der Waals surface area contributed by atoms with E-state index in [1.807, 2.05) is 24.3 Å². The average molecular weight is 243 g/mol. The fraction of sp³-hybridized carbons (Fsp3) is 0.286. The van der Waals surface area contributed by atoms with Crippen LogP contribution in [-0.2, 0) is 10.2 Å². The second-order valence-electron chi connectivity index (χ2n) is 4.60. The van der Waals surface area contributed by atoms with Crippen LogP contribution in [0.5, 0.6) is 5.75 Å². The van der Waals surface area contributed by atoms with E-state index in [0.29, 0.717) is 18.6 Å². The highest BCUT2D eigenvalue weighted by Gasteiger charge is 2.52. The number of ether oxygens (including phenoxy) is 1. The van der Waals surface area contributed by atoms with Crippen LogP contribution in [0.4, 0.5) is 0 Å². The van der Waals surface area contributed by atoms with Gasteiger partial charge in [0.05, 0.1) is 12.5 Å². The molecule has 0 saturated heterocycles. The first-order chi connectivity index (χ1) is 8.69. The zero-order valence-corrected chi connectivity index (χ0v) is 10.0. The molecule has 0 bridgehead atoms. The molecule has 2 aromatic rings. The van der Waals surface area contributed by atoms with E-state index in [-0.39, 0.29) is 0 Å². The molecular weight excluding hydrogens is 230 g/mol. The largest absolute Gasteiger partial charge is 0.494 e. The Morgan fingerprint density at radius 1 is 1.39 bits per heavy atom. The first kappa shape index (κ1) is 11.0. The molecule has 1 fully saturated rings. The standard InChI is InChI=1S/C14H13NO3/c1-18-11-4-2-3-9-10(5-8-15-12(9)11)14(6-7-14)13(16)17/h2-5,8H,6-7H2,1H3,(H,16,17). The van der Waals surface area contributed by atoms with Crippen molar-refractivity contribution in [3.8, 4) is 5.75 Å². The number of pyridine rings is 1. The van der Waals surface area contributed by atoms with Crippen molar-refractivity contribution in [1.82, 2.24) is 4.98 Å². The Bertz CT molecular complexity index is 632. The van der Waals surface area contributed by atoms with Crippen LogP contribution in [0.2, 0.25) is 0 Å². The molecule has 3 rings (SSSR count). The molecule has 4 nitrogen and oxygen atoms in total. The lowest BCUT2D eigenvalue weighted by Crippen LogP contribution is -2.19. The molecule has 0 amide bonds. The number of carboxylic acids is 1. The van der Waals surface area contributed by atoms with Crippen LogP contribution in [0.25, 0.3) is 10.9 Å². The quantitative estimate of drug-likeness (QED) is 0.899. The van der Waals surface area contributed by atoms with Gasteiger partial charge in [-0.25, -0.2) is 0 Å². The molecule has 0 aliphatic heterocycles. The lowest BCUT2D eigenvalue weighted by Gasteiger charge is -2.14. The van der Waals surface area contributed by atoms with Crippen LogP contribution in [-0.4, -0.2) is 23.2 Å². The molecule has 0 spiro atoms. The van der Waals surface area contributed by atoms with Crippen molar-refractivity contribution >= 4 is 16.9 Å². The first-order valence-electron chi connectivity index (χ1n) is 5.85. The molecule has 1 heterocycles. The van der Waals surface area contributed by atoms with E-state index in [1.165, 1.54) is 0 Å².